The van der Waals surface area contributed by atoms with Crippen LogP contribution in [0.25, 0.3) is 0 Å². The van der Waals surface area contributed by atoms with Crippen LogP contribution >= 0.6 is 0 Å². The predicted molar refractivity (Wildman–Crippen MR) is 86.6 cm³/mol. The third kappa shape index (κ3) is 3.50. The van der Waals surface area contributed by atoms with Crippen molar-refractivity contribution in [2.45, 2.75) is 51.3 Å². The summed E-state index contributed by atoms with van der Waals surface area (Å²) in [7, 11) is 0. The molecule has 1 amide bonds. The first kappa shape index (κ1) is 15.5. The quantitative estimate of drug-likeness (QED) is 0.906. The van der Waals surface area contributed by atoms with E-state index in [9.17, 15) is 4.79 Å². The Bertz CT molecular complexity index is 512. The first-order chi connectivity index (χ1) is 10.8. The van der Waals surface area contributed by atoms with E-state index >= 15 is 0 Å². The lowest BCUT2D eigenvalue weighted by molar-refractivity contribution is -0.130. The molecule has 1 fully saturated rings. The molecule has 4 heteroatoms. The third-order valence-electron chi connectivity index (χ3n) is 4.88. The van der Waals surface area contributed by atoms with Gasteiger partial charge in [-0.05, 0) is 36.8 Å². The molecule has 1 aromatic rings. The fourth-order valence-corrected chi connectivity index (χ4v) is 3.48. The second kappa shape index (κ2) is 7.25. The van der Waals surface area contributed by atoms with Crippen molar-refractivity contribution in [3.05, 3.63) is 35.4 Å². The minimum atomic E-state index is -0.223. The predicted octanol–water partition coefficient (Wildman–Crippen LogP) is 2.12. The molecule has 0 bridgehead atoms. The zero-order chi connectivity index (χ0) is 15.4. The molecule has 2 heterocycles. The number of nitrogens with zero attached hydrogens (tertiary/aromatic N) is 1. The molecule has 2 aliphatic rings. The van der Waals surface area contributed by atoms with Crippen molar-refractivity contribution in [1.29, 1.82) is 0 Å². The lowest BCUT2D eigenvalue weighted by atomic mass is 9.98. The second-order valence-corrected chi connectivity index (χ2v) is 6.30. The Labute approximate surface area is 132 Å². The maximum atomic E-state index is 12.1. The molecule has 0 saturated carbocycles. The average molecular weight is 302 g/mol. The summed E-state index contributed by atoms with van der Waals surface area (Å²) >= 11 is 0. The van der Waals surface area contributed by atoms with Crippen molar-refractivity contribution < 1.29 is 9.53 Å². The van der Waals surface area contributed by atoms with E-state index in [1.807, 2.05) is 0 Å². The van der Waals surface area contributed by atoms with Gasteiger partial charge in [-0.2, -0.15) is 0 Å². The molecular formula is C18H26N2O2. The van der Waals surface area contributed by atoms with Gasteiger partial charge in [-0.3, -0.25) is 9.69 Å². The van der Waals surface area contributed by atoms with Gasteiger partial charge in [0.2, 0.25) is 5.91 Å². The summed E-state index contributed by atoms with van der Waals surface area (Å²) in [5, 5.41) is 3.09. The first-order valence-corrected chi connectivity index (χ1v) is 8.48. The largest absolute Gasteiger partial charge is 0.368 e. The standard InChI is InChI=1S/C18H26N2O2/c1-2-16(12-19-18(21)17-8-5-11-22-17)20-10-9-14-6-3-4-7-15(14)13-20/h3-4,6-7,16-17H,2,5,8-13H2,1H3,(H,19,21). The lowest BCUT2D eigenvalue weighted by Crippen LogP contribution is -2.47. The van der Waals surface area contributed by atoms with Gasteiger partial charge in [0.05, 0.1) is 0 Å². The van der Waals surface area contributed by atoms with Crippen LogP contribution in [0.15, 0.2) is 24.3 Å². The molecule has 0 radical (unpaired) electrons. The van der Waals surface area contributed by atoms with Gasteiger partial charge in [0, 0.05) is 32.3 Å². The zero-order valence-corrected chi connectivity index (χ0v) is 13.4. The second-order valence-electron chi connectivity index (χ2n) is 6.30. The number of amides is 1. The Morgan fingerprint density at radius 2 is 2.23 bits per heavy atom. The molecule has 1 aromatic carbocycles. The summed E-state index contributed by atoms with van der Waals surface area (Å²) in [5.74, 6) is 0.0633. The van der Waals surface area contributed by atoms with E-state index < -0.39 is 0 Å². The van der Waals surface area contributed by atoms with Crippen LogP contribution in [-0.2, 0) is 22.5 Å². The molecule has 1 saturated heterocycles. The van der Waals surface area contributed by atoms with Crippen LogP contribution < -0.4 is 5.32 Å². The number of benzene rings is 1. The summed E-state index contributed by atoms with van der Waals surface area (Å²) < 4.78 is 5.45. The van der Waals surface area contributed by atoms with Crippen molar-refractivity contribution in [2.75, 3.05) is 19.7 Å². The fraction of sp³-hybridized carbons (Fsp3) is 0.611. The van der Waals surface area contributed by atoms with Gasteiger partial charge < -0.3 is 10.1 Å². The Morgan fingerprint density at radius 3 is 2.95 bits per heavy atom. The van der Waals surface area contributed by atoms with Crippen LogP contribution in [0.1, 0.15) is 37.3 Å². The van der Waals surface area contributed by atoms with E-state index in [0.29, 0.717) is 6.04 Å². The van der Waals surface area contributed by atoms with Crippen LogP contribution in [-0.4, -0.2) is 42.6 Å². The maximum Gasteiger partial charge on any atom is 0.249 e. The smallest absolute Gasteiger partial charge is 0.249 e. The Balaban J connectivity index is 1.54. The molecular weight excluding hydrogens is 276 g/mol. The van der Waals surface area contributed by atoms with Gasteiger partial charge in [0.1, 0.15) is 6.10 Å². The van der Waals surface area contributed by atoms with E-state index in [4.69, 9.17) is 4.74 Å². The van der Waals surface area contributed by atoms with Crippen molar-refractivity contribution >= 4 is 5.91 Å². The summed E-state index contributed by atoms with van der Waals surface area (Å²) in [5.41, 5.74) is 2.90. The Hall–Kier alpha value is -1.39. The number of rotatable bonds is 5. The van der Waals surface area contributed by atoms with E-state index in [1.54, 1.807) is 0 Å². The van der Waals surface area contributed by atoms with E-state index in [0.717, 1.165) is 51.9 Å². The maximum absolute atomic E-state index is 12.1. The fourth-order valence-electron chi connectivity index (χ4n) is 3.48. The van der Waals surface area contributed by atoms with Gasteiger partial charge in [0.25, 0.3) is 0 Å². The molecule has 4 nitrogen and oxygen atoms in total. The number of carbonyl (C=O) groups excluding carboxylic acids is 1. The molecule has 0 aliphatic carbocycles. The molecule has 2 aliphatic heterocycles. The van der Waals surface area contributed by atoms with Crippen LogP contribution in [0, 0.1) is 0 Å². The highest BCUT2D eigenvalue weighted by molar-refractivity contribution is 5.80. The normalized spacial score (nSPS) is 23.0. The molecule has 2 atom stereocenters. The van der Waals surface area contributed by atoms with Crippen molar-refractivity contribution in [1.82, 2.24) is 10.2 Å². The topological polar surface area (TPSA) is 41.6 Å². The summed E-state index contributed by atoms with van der Waals surface area (Å²) in [6.07, 6.45) is 3.79. The summed E-state index contributed by atoms with van der Waals surface area (Å²) in [6.45, 7) is 5.70. The van der Waals surface area contributed by atoms with E-state index in [1.165, 1.54) is 11.1 Å². The average Bonchev–Trinajstić information content (AvgIpc) is 3.09. The number of carbonyl (C=O) groups is 1. The third-order valence-corrected chi connectivity index (χ3v) is 4.88. The van der Waals surface area contributed by atoms with Gasteiger partial charge >= 0.3 is 0 Å². The molecule has 120 valence electrons. The highest BCUT2D eigenvalue weighted by Gasteiger charge is 2.26. The molecule has 1 N–H and O–H groups in total. The number of nitrogens with one attached hydrogen (secondary N) is 1. The van der Waals surface area contributed by atoms with Gasteiger partial charge in [-0.1, -0.05) is 31.2 Å². The summed E-state index contributed by atoms with van der Waals surface area (Å²) in [6, 6.07) is 9.08. The van der Waals surface area contributed by atoms with Crippen LogP contribution in [0.2, 0.25) is 0 Å². The van der Waals surface area contributed by atoms with Crippen LogP contribution in [0.3, 0.4) is 0 Å². The van der Waals surface area contributed by atoms with Crippen LogP contribution in [0.4, 0.5) is 0 Å². The number of fused-ring (bicyclic) bond motifs is 1. The molecule has 0 spiro atoms. The monoisotopic (exact) mass is 302 g/mol. The Kier molecular flexibility index (Phi) is 5.11. The van der Waals surface area contributed by atoms with Crippen molar-refractivity contribution in [3.8, 4) is 0 Å². The number of ether oxygens (including phenoxy) is 1. The zero-order valence-electron chi connectivity index (χ0n) is 13.4. The van der Waals surface area contributed by atoms with Gasteiger partial charge in [-0.15, -0.1) is 0 Å². The minimum Gasteiger partial charge on any atom is -0.368 e. The summed E-state index contributed by atoms with van der Waals surface area (Å²) in [4.78, 5) is 14.6. The molecule has 2 unspecified atom stereocenters. The van der Waals surface area contributed by atoms with Gasteiger partial charge in [-0.25, -0.2) is 0 Å². The minimum absolute atomic E-state index is 0.0633. The van der Waals surface area contributed by atoms with Gasteiger partial charge in [0.15, 0.2) is 0 Å². The van der Waals surface area contributed by atoms with Crippen molar-refractivity contribution in [2.24, 2.45) is 0 Å². The highest BCUT2D eigenvalue weighted by Crippen LogP contribution is 2.21. The lowest BCUT2D eigenvalue weighted by Gasteiger charge is -2.35. The first-order valence-electron chi connectivity index (χ1n) is 8.48. The molecule has 0 aromatic heterocycles. The molecule has 3 rings (SSSR count). The SMILES string of the molecule is CCC(CNC(=O)C1CCCO1)N1CCc2ccccc2C1. The van der Waals surface area contributed by atoms with Crippen molar-refractivity contribution in [3.63, 3.8) is 0 Å². The number of hydrogen-bond acceptors (Lipinski definition) is 3. The van der Waals surface area contributed by atoms with Crippen LogP contribution in [0.5, 0.6) is 0 Å². The highest BCUT2D eigenvalue weighted by atomic mass is 16.5. The van der Waals surface area contributed by atoms with E-state index in [-0.39, 0.29) is 12.0 Å². The number of hydrogen-bond donors (Lipinski definition) is 1. The molecule has 22 heavy (non-hydrogen) atoms. The van der Waals surface area contributed by atoms with E-state index in [2.05, 4.69) is 41.4 Å². The Morgan fingerprint density at radius 1 is 1.41 bits per heavy atom.